The highest BCUT2D eigenvalue weighted by molar-refractivity contribution is 6.11. The van der Waals surface area contributed by atoms with Crippen LogP contribution in [0.2, 0.25) is 0 Å². The summed E-state index contributed by atoms with van der Waals surface area (Å²) in [6.07, 6.45) is 0. The Balaban J connectivity index is 1.72. The standard InChI is InChI=1S/C24H20N2O2/c1-16-22(18-11-5-7-13-20(18)25-16)24(28)19-12-6-8-14-21(19)26(23(24)27)15-17-9-3-2-4-10-17/h2-14,25,28H,15H2,1H3. The molecule has 0 saturated carbocycles. The molecule has 0 saturated heterocycles. The Morgan fingerprint density at radius 3 is 2.43 bits per heavy atom. The average molecular weight is 368 g/mol. The first-order valence-electron chi connectivity index (χ1n) is 9.36. The zero-order chi connectivity index (χ0) is 19.3. The van der Waals surface area contributed by atoms with Crippen LogP contribution in [-0.2, 0) is 16.9 Å². The fraction of sp³-hybridized carbons (Fsp3) is 0.125. The number of amides is 1. The molecular formula is C24H20N2O2. The predicted octanol–water partition coefficient (Wildman–Crippen LogP) is 4.26. The summed E-state index contributed by atoms with van der Waals surface area (Å²) in [7, 11) is 0. The lowest BCUT2D eigenvalue weighted by molar-refractivity contribution is -0.132. The Hall–Kier alpha value is -3.37. The van der Waals surface area contributed by atoms with Crippen LogP contribution in [-0.4, -0.2) is 16.0 Å². The molecule has 0 radical (unpaired) electrons. The zero-order valence-electron chi connectivity index (χ0n) is 15.5. The van der Waals surface area contributed by atoms with Crippen molar-refractivity contribution in [1.82, 2.24) is 4.98 Å². The van der Waals surface area contributed by atoms with Crippen molar-refractivity contribution in [1.29, 1.82) is 0 Å². The van der Waals surface area contributed by atoms with Crippen LogP contribution >= 0.6 is 0 Å². The lowest BCUT2D eigenvalue weighted by Gasteiger charge is -2.24. The van der Waals surface area contributed by atoms with Crippen LogP contribution in [0, 0.1) is 6.92 Å². The van der Waals surface area contributed by atoms with Gasteiger partial charge < -0.3 is 15.0 Å². The van der Waals surface area contributed by atoms with Gasteiger partial charge in [-0.05, 0) is 24.6 Å². The van der Waals surface area contributed by atoms with Crippen molar-refractivity contribution in [2.75, 3.05) is 4.90 Å². The molecule has 1 unspecified atom stereocenters. The second-order valence-corrected chi connectivity index (χ2v) is 7.28. The number of aliphatic hydroxyl groups is 1. The van der Waals surface area contributed by atoms with Gasteiger partial charge in [-0.3, -0.25) is 4.79 Å². The molecule has 4 nitrogen and oxygen atoms in total. The van der Waals surface area contributed by atoms with E-state index in [4.69, 9.17) is 0 Å². The van der Waals surface area contributed by atoms with Crippen LogP contribution in [0.15, 0.2) is 78.9 Å². The molecule has 28 heavy (non-hydrogen) atoms. The molecule has 4 aromatic rings. The molecule has 1 atom stereocenters. The van der Waals surface area contributed by atoms with Crippen molar-refractivity contribution >= 4 is 22.5 Å². The third kappa shape index (κ3) is 2.25. The van der Waals surface area contributed by atoms with Gasteiger partial charge in [0.15, 0.2) is 5.60 Å². The summed E-state index contributed by atoms with van der Waals surface area (Å²) >= 11 is 0. The summed E-state index contributed by atoms with van der Waals surface area (Å²) in [5.74, 6) is -0.314. The molecule has 1 aliphatic rings. The molecule has 3 aromatic carbocycles. The van der Waals surface area contributed by atoms with Crippen LogP contribution in [0.4, 0.5) is 5.69 Å². The van der Waals surface area contributed by atoms with E-state index in [2.05, 4.69) is 4.98 Å². The minimum Gasteiger partial charge on any atom is -0.372 e. The molecule has 0 fully saturated rings. The highest BCUT2D eigenvalue weighted by atomic mass is 16.3. The maximum atomic E-state index is 13.6. The first kappa shape index (κ1) is 16.8. The van der Waals surface area contributed by atoms with Gasteiger partial charge in [0, 0.05) is 27.7 Å². The van der Waals surface area contributed by atoms with E-state index in [-0.39, 0.29) is 5.91 Å². The third-order valence-electron chi connectivity index (χ3n) is 5.58. The number of nitrogens with zero attached hydrogens (tertiary/aromatic N) is 1. The Morgan fingerprint density at radius 1 is 0.929 bits per heavy atom. The van der Waals surface area contributed by atoms with Gasteiger partial charge in [-0.15, -0.1) is 0 Å². The predicted molar refractivity (Wildman–Crippen MR) is 110 cm³/mol. The number of carbonyl (C=O) groups is 1. The second-order valence-electron chi connectivity index (χ2n) is 7.28. The fourth-order valence-corrected chi connectivity index (χ4v) is 4.34. The van der Waals surface area contributed by atoms with E-state index < -0.39 is 5.60 Å². The largest absolute Gasteiger partial charge is 0.372 e. The van der Waals surface area contributed by atoms with Crippen LogP contribution in [0.1, 0.15) is 22.4 Å². The van der Waals surface area contributed by atoms with Gasteiger partial charge >= 0.3 is 0 Å². The number of aryl methyl sites for hydroxylation is 1. The van der Waals surface area contributed by atoms with Gasteiger partial charge in [-0.25, -0.2) is 0 Å². The van der Waals surface area contributed by atoms with E-state index in [0.717, 1.165) is 27.8 Å². The first-order valence-corrected chi connectivity index (χ1v) is 9.36. The molecule has 0 spiro atoms. The van der Waals surface area contributed by atoms with Crippen molar-refractivity contribution in [2.24, 2.45) is 0 Å². The van der Waals surface area contributed by atoms with E-state index in [1.807, 2.05) is 85.8 Å². The van der Waals surface area contributed by atoms with E-state index >= 15 is 0 Å². The van der Waals surface area contributed by atoms with Gasteiger partial charge in [-0.2, -0.15) is 0 Å². The van der Waals surface area contributed by atoms with Gasteiger partial charge in [0.2, 0.25) is 0 Å². The molecule has 4 heteroatoms. The number of rotatable bonds is 3. The summed E-state index contributed by atoms with van der Waals surface area (Å²) in [5.41, 5.74) is 3.03. The van der Waals surface area contributed by atoms with Crippen molar-refractivity contribution in [3.05, 3.63) is 101 Å². The number of hydrogen-bond donors (Lipinski definition) is 2. The molecular weight excluding hydrogens is 348 g/mol. The van der Waals surface area contributed by atoms with Crippen LogP contribution in [0.5, 0.6) is 0 Å². The SMILES string of the molecule is Cc1[nH]c2ccccc2c1C1(O)C(=O)N(Cc2ccccc2)c2ccccc21. The summed E-state index contributed by atoms with van der Waals surface area (Å²) in [5, 5.41) is 12.8. The molecule has 1 aliphatic heterocycles. The number of aromatic amines is 1. The number of anilines is 1. The third-order valence-corrected chi connectivity index (χ3v) is 5.58. The second kappa shape index (κ2) is 6.08. The van der Waals surface area contributed by atoms with Gasteiger partial charge in [0.1, 0.15) is 0 Å². The number of benzene rings is 3. The number of fused-ring (bicyclic) bond motifs is 2. The van der Waals surface area contributed by atoms with E-state index in [1.54, 1.807) is 4.90 Å². The summed E-state index contributed by atoms with van der Waals surface area (Å²) in [6.45, 7) is 2.32. The number of H-pyrrole nitrogens is 1. The van der Waals surface area contributed by atoms with Crippen LogP contribution < -0.4 is 4.90 Å². The topological polar surface area (TPSA) is 56.3 Å². The van der Waals surface area contributed by atoms with Gasteiger partial charge in [0.25, 0.3) is 5.91 Å². The van der Waals surface area contributed by atoms with Crippen molar-refractivity contribution in [3.63, 3.8) is 0 Å². The normalized spacial score (nSPS) is 18.6. The minimum atomic E-state index is -1.71. The van der Waals surface area contributed by atoms with E-state index in [0.29, 0.717) is 17.7 Å². The van der Waals surface area contributed by atoms with Crippen molar-refractivity contribution in [3.8, 4) is 0 Å². The molecule has 5 rings (SSSR count). The van der Waals surface area contributed by atoms with Crippen molar-refractivity contribution in [2.45, 2.75) is 19.1 Å². The highest BCUT2D eigenvalue weighted by Crippen LogP contribution is 2.47. The first-order chi connectivity index (χ1) is 13.6. The van der Waals surface area contributed by atoms with E-state index in [1.165, 1.54) is 0 Å². The number of carbonyl (C=O) groups excluding carboxylic acids is 1. The van der Waals surface area contributed by atoms with Gasteiger partial charge in [-0.1, -0.05) is 66.7 Å². The molecule has 0 aliphatic carbocycles. The molecule has 2 heterocycles. The molecule has 138 valence electrons. The smallest absolute Gasteiger partial charge is 0.268 e. The Labute approximate surface area is 163 Å². The maximum Gasteiger partial charge on any atom is 0.268 e. The number of nitrogens with one attached hydrogen (secondary N) is 1. The van der Waals surface area contributed by atoms with Crippen LogP contribution in [0.3, 0.4) is 0 Å². The van der Waals surface area contributed by atoms with E-state index in [9.17, 15) is 9.90 Å². The minimum absolute atomic E-state index is 0.314. The lowest BCUT2D eigenvalue weighted by atomic mass is 9.85. The molecule has 2 N–H and O–H groups in total. The number of hydrogen-bond acceptors (Lipinski definition) is 2. The average Bonchev–Trinajstić information content (AvgIpc) is 3.17. The summed E-state index contributed by atoms with van der Waals surface area (Å²) in [4.78, 5) is 18.6. The van der Waals surface area contributed by atoms with Gasteiger partial charge in [0.05, 0.1) is 12.2 Å². The Morgan fingerprint density at radius 2 is 1.61 bits per heavy atom. The van der Waals surface area contributed by atoms with Crippen molar-refractivity contribution < 1.29 is 9.90 Å². The summed E-state index contributed by atoms with van der Waals surface area (Å²) < 4.78 is 0. The highest BCUT2D eigenvalue weighted by Gasteiger charge is 2.52. The molecule has 0 bridgehead atoms. The molecule has 1 amide bonds. The molecule has 1 aromatic heterocycles. The maximum absolute atomic E-state index is 13.6. The Kier molecular flexibility index (Phi) is 3.64. The zero-order valence-corrected chi connectivity index (χ0v) is 15.5. The number of aromatic nitrogens is 1. The lowest BCUT2D eigenvalue weighted by Crippen LogP contribution is -2.41. The number of para-hydroxylation sites is 2. The Bertz CT molecular complexity index is 1200. The monoisotopic (exact) mass is 368 g/mol. The quantitative estimate of drug-likeness (QED) is 0.568. The summed E-state index contributed by atoms with van der Waals surface area (Å²) in [6, 6.07) is 25.1. The fourth-order valence-electron chi connectivity index (χ4n) is 4.34. The van der Waals surface area contributed by atoms with Crippen LogP contribution in [0.25, 0.3) is 10.9 Å².